The molecule has 2 aliphatic rings. The molecule has 0 unspecified atom stereocenters. The van der Waals surface area contributed by atoms with Crippen molar-refractivity contribution in [1.82, 2.24) is 14.9 Å². The van der Waals surface area contributed by atoms with Gasteiger partial charge in [-0.05, 0) is 48.0 Å². The Morgan fingerprint density at radius 1 is 0.872 bits per heavy atom. The number of piperazine rings is 1. The Hall–Kier alpha value is -4.88. The molecule has 3 aromatic carbocycles. The zero-order valence-corrected chi connectivity index (χ0v) is 28.3. The van der Waals surface area contributed by atoms with E-state index in [1.165, 1.54) is 0 Å². The average Bonchev–Trinajstić information content (AvgIpc) is 3.34. The van der Waals surface area contributed by atoms with Crippen LogP contribution >= 0.6 is 15.9 Å². The Balaban J connectivity index is 1.20. The standard InChI is InChI=1S/C34H36BrN7O5/c1-44-27-8-6-5-7-26(27)41-13-11-40(12-14-41)20-42-25-10-9-23(35)18-24(25)30(33(42)43)38-34-37-19-22(32(36)39-34)15-21-16-28(45-2)31(47-4)29(17-21)46-3/h5-10,16-19H,11-15,20H2,1-4H3,(H2,36,37,39)/b38-30-. The Kier molecular flexibility index (Phi) is 9.45. The first-order valence-electron chi connectivity index (χ1n) is 15.0. The lowest BCUT2D eigenvalue weighted by atomic mass is 10.1. The van der Waals surface area contributed by atoms with E-state index in [0.717, 1.165) is 53.3 Å². The number of nitrogens with zero attached hydrogens (tertiary/aromatic N) is 6. The highest BCUT2D eigenvalue weighted by Crippen LogP contribution is 2.39. The molecule has 6 rings (SSSR count). The number of methoxy groups -OCH3 is 4. The Bertz CT molecular complexity index is 1800. The van der Waals surface area contributed by atoms with Gasteiger partial charge in [-0.2, -0.15) is 4.98 Å². The van der Waals surface area contributed by atoms with Crippen LogP contribution in [0.25, 0.3) is 0 Å². The number of nitrogens with two attached hydrogens (primary N) is 1. The van der Waals surface area contributed by atoms with Gasteiger partial charge in [0.05, 0.1) is 46.5 Å². The number of amides is 1. The molecule has 0 saturated carbocycles. The van der Waals surface area contributed by atoms with Gasteiger partial charge in [0, 0.05) is 54.4 Å². The van der Waals surface area contributed by atoms with E-state index in [4.69, 9.17) is 24.7 Å². The first-order chi connectivity index (χ1) is 22.8. The number of hydrogen-bond donors (Lipinski definition) is 1. The fraction of sp³-hybridized carbons (Fsp3) is 0.294. The van der Waals surface area contributed by atoms with Crippen LogP contribution in [0.2, 0.25) is 0 Å². The molecule has 3 heterocycles. The number of nitrogen functional groups attached to an aromatic ring is 1. The third-order valence-corrected chi connectivity index (χ3v) is 8.80. The van der Waals surface area contributed by atoms with Crippen LogP contribution in [0, 0.1) is 0 Å². The lowest BCUT2D eigenvalue weighted by Crippen LogP contribution is -2.51. The van der Waals surface area contributed by atoms with Crippen LogP contribution in [0.4, 0.5) is 23.1 Å². The first-order valence-corrected chi connectivity index (χ1v) is 15.8. The minimum absolute atomic E-state index is 0.109. The Labute approximate surface area is 281 Å². The number of carbonyl (C=O) groups excluding carboxylic acids is 1. The molecule has 244 valence electrons. The van der Waals surface area contributed by atoms with Gasteiger partial charge in [0.1, 0.15) is 17.3 Å². The molecule has 1 fully saturated rings. The summed E-state index contributed by atoms with van der Waals surface area (Å²) in [6.07, 6.45) is 2.05. The van der Waals surface area contributed by atoms with Gasteiger partial charge in [-0.25, -0.2) is 9.98 Å². The van der Waals surface area contributed by atoms with Crippen molar-refractivity contribution in [3.8, 4) is 23.0 Å². The number of benzene rings is 3. The van der Waals surface area contributed by atoms with E-state index in [1.807, 2.05) is 48.5 Å². The normalized spacial score (nSPS) is 15.6. The van der Waals surface area contributed by atoms with Crippen molar-refractivity contribution in [3.63, 3.8) is 0 Å². The molecule has 47 heavy (non-hydrogen) atoms. The van der Waals surface area contributed by atoms with Crippen molar-refractivity contribution in [2.24, 2.45) is 4.99 Å². The summed E-state index contributed by atoms with van der Waals surface area (Å²) < 4.78 is 22.8. The van der Waals surface area contributed by atoms with E-state index in [0.29, 0.717) is 41.5 Å². The molecule has 12 nitrogen and oxygen atoms in total. The number of para-hydroxylation sites is 2. The molecular formula is C34H36BrN7O5. The molecular weight excluding hydrogens is 666 g/mol. The number of aromatic nitrogens is 2. The van der Waals surface area contributed by atoms with Crippen LogP contribution < -0.4 is 34.5 Å². The largest absolute Gasteiger partial charge is 0.495 e. The van der Waals surface area contributed by atoms with Gasteiger partial charge in [-0.15, -0.1) is 0 Å². The zero-order chi connectivity index (χ0) is 33.1. The molecule has 0 atom stereocenters. The SMILES string of the molecule is COc1ccccc1N1CCN(CN2C(=O)/C(=N\c3ncc(Cc4cc(OC)c(OC)c(OC)c4)c(N)n3)c3cc(Br)ccc32)CC1. The fourth-order valence-corrected chi connectivity index (χ4v) is 6.27. The van der Waals surface area contributed by atoms with Crippen molar-refractivity contribution in [2.75, 3.05) is 76.8 Å². The third-order valence-electron chi connectivity index (χ3n) is 8.31. The summed E-state index contributed by atoms with van der Waals surface area (Å²) in [6, 6.07) is 17.5. The number of carbonyl (C=O) groups is 1. The van der Waals surface area contributed by atoms with Crippen molar-refractivity contribution < 1.29 is 23.7 Å². The molecule has 4 aromatic rings. The minimum atomic E-state index is -0.214. The maximum atomic E-state index is 13.9. The van der Waals surface area contributed by atoms with E-state index in [9.17, 15) is 4.79 Å². The fourth-order valence-electron chi connectivity index (χ4n) is 5.91. The van der Waals surface area contributed by atoms with Crippen LogP contribution in [-0.2, 0) is 11.2 Å². The highest BCUT2D eigenvalue weighted by molar-refractivity contribution is 9.10. The maximum Gasteiger partial charge on any atom is 0.278 e. The highest BCUT2D eigenvalue weighted by atomic mass is 79.9. The first kappa shape index (κ1) is 32.1. The van der Waals surface area contributed by atoms with Crippen molar-refractivity contribution >= 4 is 50.7 Å². The van der Waals surface area contributed by atoms with Gasteiger partial charge in [-0.1, -0.05) is 28.1 Å². The summed E-state index contributed by atoms with van der Waals surface area (Å²) >= 11 is 3.55. The van der Waals surface area contributed by atoms with Crippen molar-refractivity contribution in [1.29, 1.82) is 0 Å². The topological polar surface area (TPSA) is 128 Å². The summed E-state index contributed by atoms with van der Waals surface area (Å²) in [5, 5.41) is 0. The summed E-state index contributed by atoms with van der Waals surface area (Å²) in [6.45, 7) is 3.63. The summed E-state index contributed by atoms with van der Waals surface area (Å²) in [7, 11) is 6.38. The number of fused-ring (bicyclic) bond motifs is 1. The predicted octanol–water partition coefficient (Wildman–Crippen LogP) is 4.69. The van der Waals surface area contributed by atoms with E-state index in [-0.39, 0.29) is 23.4 Å². The van der Waals surface area contributed by atoms with Crippen LogP contribution in [0.1, 0.15) is 16.7 Å². The molecule has 0 bridgehead atoms. The molecule has 1 saturated heterocycles. The number of aliphatic imine (C=N–C) groups is 1. The Morgan fingerprint density at radius 3 is 2.23 bits per heavy atom. The minimum Gasteiger partial charge on any atom is -0.495 e. The summed E-state index contributed by atoms with van der Waals surface area (Å²) in [4.78, 5) is 33.8. The molecule has 2 aliphatic heterocycles. The smallest absolute Gasteiger partial charge is 0.278 e. The summed E-state index contributed by atoms with van der Waals surface area (Å²) in [5.74, 6) is 2.59. The zero-order valence-electron chi connectivity index (χ0n) is 26.7. The molecule has 1 aromatic heterocycles. The van der Waals surface area contributed by atoms with Crippen LogP contribution in [0.3, 0.4) is 0 Å². The van der Waals surface area contributed by atoms with Crippen molar-refractivity contribution in [2.45, 2.75) is 6.42 Å². The third kappa shape index (κ3) is 6.54. The lowest BCUT2D eigenvalue weighted by molar-refractivity contribution is -0.112. The van der Waals surface area contributed by atoms with E-state index in [1.54, 1.807) is 39.5 Å². The quantitative estimate of drug-likeness (QED) is 0.249. The second-order valence-electron chi connectivity index (χ2n) is 11.1. The highest BCUT2D eigenvalue weighted by Gasteiger charge is 2.36. The molecule has 0 aliphatic carbocycles. The predicted molar refractivity (Wildman–Crippen MR) is 185 cm³/mol. The molecule has 2 N–H and O–H groups in total. The number of ether oxygens (including phenoxy) is 4. The van der Waals surface area contributed by atoms with Gasteiger partial charge < -0.3 is 29.6 Å². The van der Waals surface area contributed by atoms with Gasteiger partial charge in [0.15, 0.2) is 11.5 Å². The number of anilines is 3. The second kappa shape index (κ2) is 13.9. The molecule has 0 spiro atoms. The Morgan fingerprint density at radius 2 is 1.57 bits per heavy atom. The van der Waals surface area contributed by atoms with Gasteiger partial charge in [0.25, 0.3) is 11.9 Å². The summed E-state index contributed by atoms with van der Waals surface area (Å²) in [5.41, 5.74) is 10.8. The van der Waals surface area contributed by atoms with Crippen LogP contribution in [-0.4, -0.2) is 87.8 Å². The van der Waals surface area contributed by atoms with Gasteiger partial charge in [0.2, 0.25) is 5.75 Å². The van der Waals surface area contributed by atoms with Crippen molar-refractivity contribution in [3.05, 3.63) is 82.0 Å². The van der Waals surface area contributed by atoms with Crippen LogP contribution in [0.5, 0.6) is 23.0 Å². The van der Waals surface area contributed by atoms with E-state index >= 15 is 0 Å². The van der Waals surface area contributed by atoms with Crippen LogP contribution in [0.15, 0.2) is 70.3 Å². The van der Waals surface area contributed by atoms with E-state index < -0.39 is 0 Å². The molecule has 0 radical (unpaired) electrons. The number of rotatable bonds is 10. The second-order valence-corrected chi connectivity index (χ2v) is 12.0. The molecule has 13 heteroatoms. The maximum absolute atomic E-state index is 13.9. The van der Waals surface area contributed by atoms with Gasteiger partial charge >= 0.3 is 0 Å². The monoisotopic (exact) mass is 701 g/mol. The number of halogens is 1. The van der Waals surface area contributed by atoms with E-state index in [2.05, 4.69) is 46.8 Å². The van der Waals surface area contributed by atoms with Gasteiger partial charge in [-0.3, -0.25) is 14.6 Å². The lowest BCUT2D eigenvalue weighted by Gasteiger charge is -2.38. The number of hydrogen-bond acceptors (Lipinski definition) is 11. The average molecular weight is 703 g/mol. The molecule has 1 amide bonds.